The van der Waals surface area contributed by atoms with Crippen LogP contribution in [0, 0.1) is 0 Å². The highest BCUT2D eigenvalue weighted by atomic mass is 16.5. The molecule has 0 unspecified atom stereocenters. The fraction of sp³-hybridized carbons (Fsp3) is 0.0625. The maximum absolute atomic E-state index is 11.3. The van der Waals surface area contributed by atoms with Crippen LogP contribution in [-0.4, -0.2) is 17.4 Å². The van der Waals surface area contributed by atoms with Crippen molar-refractivity contribution in [3.8, 4) is 16.9 Å². The fourth-order valence-corrected chi connectivity index (χ4v) is 2.27. The maximum atomic E-state index is 11.3. The van der Waals surface area contributed by atoms with E-state index in [2.05, 4.69) is 0 Å². The predicted molar refractivity (Wildman–Crippen MR) is 77.9 cm³/mol. The third-order valence-corrected chi connectivity index (χ3v) is 3.35. The van der Waals surface area contributed by atoms with Crippen molar-refractivity contribution in [1.82, 2.24) is 4.40 Å². The van der Waals surface area contributed by atoms with Crippen molar-refractivity contribution in [2.45, 2.75) is 0 Å². The van der Waals surface area contributed by atoms with Gasteiger partial charge in [-0.25, -0.2) is 0 Å². The lowest BCUT2D eigenvalue weighted by Gasteiger charge is -2.04. The summed E-state index contributed by atoms with van der Waals surface area (Å²) in [5, 5.41) is 0. The second kappa shape index (κ2) is 4.74. The molecule has 1 aromatic carbocycles. The van der Waals surface area contributed by atoms with Crippen LogP contribution < -0.4 is 10.5 Å². The number of aromatic nitrogens is 1. The van der Waals surface area contributed by atoms with Gasteiger partial charge in [-0.15, -0.1) is 0 Å². The summed E-state index contributed by atoms with van der Waals surface area (Å²) in [5.41, 5.74) is 8.91. The third-order valence-electron chi connectivity index (χ3n) is 3.35. The van der Waals surface area contributed by atoms with Gasteiger partial charge in [-0.1, -0.05) is 12.1 Å². The highest BCUT2D eigenvalue weighted by Gasteiger charge is 2.08. The Morgan fingerprint density at radius 3 is 2.45 bits per heavy atom. The van der Waals surface area contributed by atoms with Crippen LogP contribution in [0.2, 0.25) is 0 Å². The summed E-state index contributed by atoms with van der Waals surface area (Å²) in [6, 6.07) is 13.3. The summed E-state index contributed by atoms with van der Waals surface area (Å²) in [5.74, 6) is 0.393. The molecule has 0 aliphatic rings. The smallest absolute Gasteiger partial charge is 0.248 e. The van der Waals surface area contributed by atoms with Gasteiger partial charge in [0.1, 0.15) is 5.75 Å². The van der Waals surface area contributed by atoms with Crippen molar-refractivity contribution >= 4 is 11.4 Å². The Hall–Kier alpha value is -2.75. The third kappa shape index (κ3) is 2.01. The van der Waals surface area contributed by atoms with Crippen LogP contribution in [-0.2, 0) is 0 Å². The Balaban J connectivity index is 2.14. The highest BCUT2D eigenvalue weighted by molar-refractivity contribution is 5.95. The number of nitrogens with zero attached hydrogens (tertiary/aromatic N) is 1. The van der Waals surface area contributed by atoms with E-state index in [0.29, 0.717) is 5.56 Å². The summed E-state index contributed by atoms with van der Waals surface area (Å²) < 4.78 is 7.12. The van der Waals surface area contributed by atoms with Gasteiger partial charge in [-0.2, -0.15) is 0 Å². The molecule has 100 valence electrons. The average molecular weight is 266 g/mol. The highest BCUT2D eigenvalue weighted by Crippen LogP contribution is 2.27. The zero-order valence-electron chi connectivity index (χ0n) is 11.0. The minimum atomic E-state index is -0.422. The number of carbonyl (C=O) groups excluding carboxylic acids is 1. The number of hydrogen-bond acceptors (Lipinski definition) is 2. The molecule has 0 radical (unpaired) electrons. The minimum Gasteiger partial charge on any atom is -0.497 e. The number of fused-ring (bicyclic) bond motifs is 1. The van der Waals surface area contributed by atoms with E-state index in [9.17, 15) is 4.79 Å². The molecule has 20 heavy (non-hydrogen) atoms. The van der Waals surface area contributed by atoms with Gasteiger partial charge < -0.3 is 14.9 Å². The van der Waals surface area contributed by atoms with Gasteiger partial charge in [0.2, 0.25) is 5.91 Å². The van der Waals surface area contributed by atoms with E-state index in [0.717, 1.165) is 22.4 Å². The predicted octanol–water partition coefficient (Wildman–Crippen LogP) is 2.71. The molecular formula is C16H14N2O2. The number of amides is 1. The van der Waals surface area contributed by atoms with Gasteiger partial charge in [-0.05, 0) is 35.9 Å². The summed E-state index contributed by atoms with van der Waals surface area (Å²) in [7, 11) is 1.64. The van der Waals surface area contributed by atoms with Gasteiger partial charge in [-0.3, -0.25) is 4.79 Å². The van der Waals surface area contributed by atoms with Gasteiger partial charge in [0, 0.05) is 23.5 Å². The largest absolute Gasteiger partial charge is 0.497 e. The first-order valence-corrected chi connectivity index (χ1v) is 6.24. The molecule has 0 fully saturated rings. The molecule has 0 bridgehead atoms. The quantitative estimate of drug-likeness (QED) is 0.792. The van der Waals surface area contributed by atoms with E-state index >= 15 is 0 Å². The maximum Gasteiger partial charge on any atom is 0.248 e. The van der Waals surface area contributed by atoms with Crippen molar-refractivity contribution < 1.29 is 9.53 Å². The molecule has 2 N–H and O–H groups in total. The molecule has 2 heterocycles. The van der Waals surface area contributed by atoms with Crippen LogP contribution >= 0.6 is 0 Å². The zero-order valence-corrected chi connectivity index (χ0v) is 11.0. The van der Waals surface area contributed by atoms with Gasteiger partial charge >= 0.3 is 0 Å². The van der Waals surface area contributed by atoms with Crippen LogP contribution in [0.25, 0.3) is 16.6 Å². The Labute approximate surface area is 116 Å². The summed E-state index contributed by atoms with van der Waals surface area (Å²) in [4.78, 5) is 11.3. The standard InChI is InChI=1S/C16H14N2O2/c1-20-13-4-2-11(3-5-13)14-7-9-18-8-6-12(16(17)19)10-15(14)18/h2-10H,1H3,(H2,17,19). The Bertz CT molecular complexity index is 773. The first kappa shape index (κ1) is 12.3. The summed E-state index contributed by atoms with van der Waals surface area (Å²) in [6.07, 6.45) is 3.79. The van der Waals surface area contributed by atoms with Crippen molar-refractivity contribution in [1.29, 1.82) is 0 Å². The monoisotopic (exact) mass is 266 g/mol. The number of nitrogens with two attached hydrogens (primary N) is 1. The average Bonchev–Trinajstić information content (AvgIpc) is 2.90. The van der Waals surface area contributed by atoms with Crippen molar-refractivity contribution in [3.05, 3.63) is 60.4 Å². The van der Waals surface area contributed by atoms with Gasteiger partial charge in [0.05, 0.1) is 12.6 Å². The number of primary amides is 1. The SMILES string of the molecule is COc1ccc(-c2ccn3ccc(C(N)=O)cc23)cc1. The second-order valence-electron chi connectivity index (χ2n) is 4.53. The molecule has 0 spiro atoms. The number of pyridine rings is 1. The normalized spacial score (nSPS) is 10.7. The lowest BCUT2D eigenvalue weighted by molar-refractivity contribution is 0.100. The number of ether oxygens (including phenoxy) is 1. The lowest BCUT2D eigenvalue weighted by Crippen LogP contribution is -2.10. The fourth-order valence-electron chi connectivity index (χ4n) is 2.27. The number of hydrogen-bond donors (Lipinski definition) is 1. The Morgan fingerprint density at radius 1 is 1.10 bits per heavy atom. The van der Waals surface area contributed by atoms with Gasteiger partial charge in [0.25, 0.3) is 0 Å². The lowest BCUT2D eigenvalue weighted by atomic mass is 10.1. The van der Waals surface area contributed by atoms with E-state index in [1.807, 2.05) is 53.2 Å². The first-order valence-electron chi connectivity index (χ1n) is 6.24. The van der Waals surface area contributed by atoms with E-state index in [1.54, 1.807) is 13.2 Å². The number of carbonyl (C=O) groups is 1. The molecule has 3 rings (SSSR count). The molecule has 0 saturated heterocycles. The van der Waals surface area contributed by atoms with E-state index < -0.39 is 5.91 Å². The molecular weight excluding hydrogens is 252 g/mol. The van der Waals surface area contributed by atoms with Crippen LogP contribution in [0.15, 0.2) is 54.9 Å². The molecule has 0 aliphatic carbocycles. The van der Waals surface area contributed by atoms with Crippen LogP contribution in [0.4, 0.5) is 0 Å². The van der Waals surface area contributed by atoms with Crippen molar-refractivity contribution in [3.63, 3.8) is 0 Å². The molecule has 0 saturated carbocycles. The van der Waals surface area contributed by atoms with Crippen molar-refractivity contribution in [2.75, 3.05) is 7.11 Å². The summed E-state index contributed by atoms with van der Waals surface area (Å²) >= 11 is 0. The van der Waals surface area contributed by atoms with E-state index in [4.69, 9.17) is 10.5 Å². The molecule has 3 aromatic rings. The van der Waals surface area contributed by atoms with Gasteiger partial charge in [0.15, 0.2) is 0 Å². The zero-order chi connectivity index (χ0) is 14.1. The molecule has 2 aromatic heterocycles. The topological polar surface area (TPSA) is 56.7 Å². The summed E-state index contributed by atoms with van der Waals surface area (Å²) in [6.45, 7) is 0. The molecule has 4 nitrogen and oxygen atoms in total. The minimum absolute atomic E-state index is 0.422. The first-order chi connectivity index (χ1) is 9.69. The van der Waals surface area contributed by atoms with E-state index in [-0.39, 0.29) is 0 Å². The molecule has 4 heteroatoms. The Morgan fingerprint density at radius 2 is 1.80 bits per heavy atom. The van der Waals surface area contributed by atoms with E-state index in [1.165, 1.54) is 0 Å². The Kier molecular flexibility index (Phi) is 2.91. The number of rotatable bonds is 3. The second-order valence-corrected chi connectivity index (χ2v) is 4.53. The van der Waals surface area contributed by atoms with Crippen LogP contribution in [0.5, 0.6) is 5.75 Å². The van der Waals surface area contributed by atoms with Crippen LogP contribution in [0.1, 0.15) is 10.4 Å². The van der Waals surface area contributed by atoms with Crippen LogP contribution in [0.3, 0.4) is 0 Å². The van der Waals surface area contributed by atoms with Crippen molar-refractivity contribution in [2.24, 2.45) is 5.73 Å². The molecule has 0 atom stereocenters. The number of methoxy groups -OCH3 is 1. The molecule has 1 amide bonds. The number of benzene rings is 1. The molecule has 0 aliphatic heterocycles.